The highest BCUT2D eigenvalue weighted by molar-refractivity contribution is 7.99. The molecule has 0 saturated carbocycles. The lowest BCUT2D eigenvalue weighted by atomic mass is 10.2. The molecule has 0 bridgehead atoms. The van der Waals surface area contributed by atoms with E-state index in [2.05, 4.69) is 26.9 Å². The maximum Gasteiger partial charge on any atom is 0.236 e. The van der Waals surface area contributed by atoms with E-state index in [1.807, 2.05) is 38.1 Å². The molecule has 3 aromatic rings. The number of hydrogen-bond acceptors (Lipinski definition) is 5. The first-order valence-electron chi connectivity index (χ1n) is 8.34. The maximum atomic E-state index is 12.3. The van der Waals surface area contributed by atoms with Gasteiger partial charge in [-0.1, -0.05) is 24.2 Å². The van der Waals surface area contributed by atoms with Crippen molar-refractivity contribution in [3.63, 3.8) is 0 Å². The summed E-state index contributed by atoms with van der Waals surface area (Å²) in [4.78, 5) is 16.9. The van der Waals surface area contributed by atoms with Crippen LogP contribution in [-0.2, 0) is 17.1 Å². The van der Waals surface area contributed by atoms with Gasteiger partial charge < -0.3 is 9.09 Å². The SMILES string of the molecule is CCCn1c(NC(=O)CSCc2c(C)noc2C)nc2ccccc21. The van der Waals surface area contributed by atoms with E-state index in [9.17, 15) is 4.79 Å². The summed E-state index contributed by atoms with van der Waals surface area (Å²) in [5.74, 6) is 2.45. The summed E-state index contributed by atoms with van der Waals surface area (Å²) in [6.07, 6.45) is 0.976. The standard InChI is InChI=1S/C18H22N4O2S/c1-4-9-22-16-8-6-5-7-15(16)19-18(22)20-17(23)11-25-10-14-12(2)21-24-13(14)3/h5-8H,4,9-11H2,1-3H3,(H,19,20,23). The van der Waals surface area contributed by atoms with Gasteiger partial charge in [-0.3, -0.25) is 10.1 Å². The molecule has 0 unspecified atom stereocenters. The summed E-state index contributed by atoms with van der Waals surface area (Å²) in [6.45, 7) is 6.74. The highest BCUT2D eigenvalue weighted by atomic mass is 32.2. The Balaban J connectivity index is 1.64. The van der Waals surface area contributed by atoms with E-state index in [1.54, 1.807) is 11.8 Å². The molecular formula is C18H22N4O2S. The summed E-state index contributed by atoms with van der Waals surface area (Å²) in [7, 11) is 0. The molecule has 3 rings (SSSR count). The van der Waals surface area contributed by atoms with E-state index in [-0.39, 0.29) is 5.91 Å². The van der Waals surface area contributed by atoms with Crippen molar-refractivity contribution in [3.05, 3.63) is 41.3 Å². The molecule has 6 nitrogen and oxygen atoms in total. The molecule has 25 heavy (non-hydrogen) atoms. The summed E-state index contributed by atoms with van der Waals surface area (Å²) in [5, 5.41) is 6.88. The number of nitrogens with zero attached hydrogens (tertiary/aromatic N) is 3. The molecule has 132 valence electrons. The third-order valence-electron chi connectivity index (χ3n) is 4.01. The zero-order valence-electron chi connectivity index (χ0n) is 14.7. The number of nitrogens with one attached hydrogen (secondary N) is 1. The van der Waals surface area contributed by atoms with Crippen LogP contribution >= 0.6 is 11.8 Å². The molecule has 0 atom stereocenters. The minimum atomic E-state index is -0.0515. The highest BCUT2D eigenvalue weighted by Crippen LogP contribution is 2.22. The Morgan fingerprint density at radius 2 is 2.12 bits per heavy atom. The predicted molar refractivity (Wildman–Crippen MR) is 101 cm³/mol. The number of carbonyl (C=O) groups is 1. The van der Waals surface area contributed by atoms with Gasteiger partial charge in [-0.25, -0.2) is 4.98 Å². The summed E-state index contributed by atoms with van der Waals surface area (Å²) < 4.78 is 7.21. The number of benzene rings is 1. The number of hydrogen-bond donors (Lipinski definition) is 1. The first-order chi connectivity index (χ1) is 12.1. The van der Waals surface area contributed by atoms with Gasteiger partial charge in [0.2, 0.25) is 11.9 Å². The van der Waals surface area contributed by atoms with Crippen molar-refractivity contribution in [2.45, 2.75) is 39.5 Å². The molecule has 0 saturated heterocycles. The second-order valence-corrected chi connectivity index (χ2v) is 6.91. The number of rotatable bonds is 7. The van der Waals surface area contributed by atoms with Gasteiger partial charge in [0.1, 0.15) is 5.76 Å². The van der Waals surface area contributed by atoms with Crippen LogP contribution in [-0.4, -0.2) is 26.4 Å². The molecule has 1 N–H and O–H groups in total. The van der Waals surface area contributed by atoms with E-state index in [1.165, 1.54) is 0 Å². The van der Waals surface area contributed by atoms with Crippen molar-refractivity contribution in [2.75, 3.05) is 11.1 Å². The fourth-order valence-corrected chi connectivity index (χ4v) is 3.71. The molecule has 1 amide bonds. The van der Waals surface area contributed by atoms with Crippen molar-refractivity contribution in [1.29, 1.82) is 0 Å². The van der Waals surface area contributed by atoms with E-state index in [0.29, 0.717) is 17.5 Å². The van der Waals surface area contributed by atoms with Crippen LogP contribution < -0.4 is 5.32 Å². The van der Waals surface area contributed by atoms with Crippen LogP contribution in [0.3, 0.4) is 0 Å². The Kier molecular flexibility index (Phi) is 5.43. The molecular weight excluding hydrogens is 336 g/mol. The molecule has 0 aliphatic heterocycles. The van der Waals surface area contributed by atoms with Gasteiger partial charge in [-0.05, 0) is 32.4 Å². The van der Waals surface area contributed by atoms with Gasteiger partial charge in [0.15, 0.2) is 0 Å². The Hall–Kier alpha value is -2.28. The van der Waals surface area contributed by atoms with Crippen LogP contribution in [0, 0.1) is 13.8 Å². The fourth-order valence-electron chi connectivity index (χ4n) is 2.74. The number of amides is 1. The predicted octanol–water partition coefficient (Wildman–Crippen LogP) is 3.92. The van der Waals surface area contributed by atoms with Crippen LogP contribution in [0.2, 0.25) is 0 Å². The van der Waals surface area contributed by atoms with Gasteiger partial charge in [-0.15, -0.1) is 11.8 Å². The largest absolute Gasteiger partial charge is 0.361 e. The Labute approximate surface area is 151 Å². The molecule has 7 heteroatoms. The van der Waals surface area contributed by atoms with E-state index >= 15 is 0 Å². The van der Waals surface area contributed by atoms with Crippen molar-refractivity contribution in [3.8, 4) is 0 Å². The van der Waals surface area contributed by atoms with Gasteiger partial charge >= 0.3 is 0 Å². The molecule has 1 aromatic carbocycles. The van der Waals surface area contributed by atoms with Crippen LogP contribution in [0.4, 0.5) is 5.95 Å². The van der Waals surface area contributed by atoms with Crippen LogP contribution in [0.1, 0.15) is 30.4 Å². The quantitative estimate of drug-likeness (QED) is 0.693. The normalized spacial score (nSPS) is 11.2. The Morgan fingerprint density at radius 3 is 2.84 bits per heavy atom. The van der Waals surface area contributed by atoms with Crippen molar-refractivity contribution >= 4 is 34.7 Å². The third-order valence-corrected chi connectivity index (χ3v) is 4.97. The number of aryl methyl sites for hydroxylation is 3. The lowest BCUT2D eigenvalue weighted by Gasteiger charge is -2.08. The van der Waals surface area contributed by atoms with Crippen molar-refractivity contribution in [1.82, 2.24) is 14.7 Å². The zero-order chi connectivity index (χ0) is 17.8. The lowest BCUT2D eigenvalue weighted by Crippen LogP contribution is -2.18. The van der Waals surface area contributed by atoms with Crippen molar-refractivity contribution < 1.29 is 9.32 Å². The molecule has 2 heterocycles. The number of fused-ring (bicyclic) bond motifs is 1. The first kappa shape index (κ1) is 17.5. The number of para-hydroxylation sites is 2. The molecule has 0 radical (unpaired) electrons. The number of anilines is 1. The summed E-state index contributed by atoms with van der Waals surface area (Å²) in [5.41, 5.74) is 3.89. The topological polar surface area (TPSA) is 73.0 Å². The monoisotopic (exact) mass is 358 g/mol. The van der Waals surface area contributed by atoms with Crippen molar-refractivity contribution in [2.24, 2.45) is 0 Å². The smallest absolute Gasteiger partial charge is 0.236 e. The molecule has 0 fully saturated rings. The Bertz CT molecular complexity index is 865. The molecule has 0 spiro atoms. The minimum Gasteiger partial charge on any atom is -0.361 e. The highest BCUT2D eigenvalue weighted by Gasteiger charge is 2.14. The maximum absolute atomic E-state index is 12.3. The lowest BCUT2D eigenvalue weighted by molar-refractivity contribution is -0.113. The van der Waals surface area contributed by atoms with E-state index in [4.69, 9.17) is 4.52 Å². The van der Waals surface area contributed by atoms with Gasteiger partial charge in [0.25, 0.3) is 0 Å². The van der Waals surface area contributed by atoms with Gasteiger partial charge in [-0.2, -0.15) is 0 Å². The minimum absolute atomic E-state index is 0.0515. The fraction of sp³-hybridized carbons (Fsp3) is 0.389. The number of imidazole rings is 1. The molecule has 0 aliphatic carbocycles. The average Bonchev–Trinajstić information content (AvgIpc) is 3.10. The van der Waals surface area contributed by atoms with Crippen LogP contribution in [0.5, 0.6) is 0 Å². The second-order valence-electron chi connectivity index (χ2n) is 5.92. The van der Waals surface area contributed by atoms with Crippen LogP contribution in [0.25, 0.3) is 11.0 Å². The summed E-state index contributed by atoms with van der Waals surface area (Å²) in [6, 6.07) is 7.93. The van der Waals surface area contributed by atoms with Gasteiger partial charge in [0.05, 0.1) is 22.5 Å². The first-order valence-corrected chi connectivity index (χ1v) is 9.50. The molecule has 2 aromatic heterocycles. The van der Waals surface area contributed by atoms with Gasteiger partial charge in [0, 0.05) is 17.9 Å². The molecule has 0 aliphatic rings. The number of carbonyl (C=O) groups excluding carboxylic acids is 1. The number of aromatic nitrogens is 3. The second kappa shape index (κ2) is 7.74. The Morgan fingerprint density at radius 1 is 1.32 bits per heavy atom. The van der Waals surface area contributed by atoms with E-state index in [0.717, 1.165) is 41.0 Å². The van der Waals surface area contributed by atoms with E-state index < -0.39 is 0 Å². The third kappa shape index (κ3) is 3.87. The average molecular weight is 358 g/mol. The van der Waals surface area contributed by atoms with Crippen LogP contribution in [0.15, 0.2) is 28.8 Å². The zero-order valence-corrected chi connectivity index (χ0v) is 15.5. The summed E-state index contributed by atoms with van der Waals surface area (Å²) >= 11 is 1.54. The number of thioether (sulfide) groups is 1.